The number of carboxylic acids is 1. The molecule has 2 rings (SSSR count). The maximum Gasteiger partial charge on any atom is 0.307 e. The van der Waals surface area contributed by atoms with E-state index >= 15 is 0 Å². The molecule has 0 spiro atoms. The molecule has 0 aliphatic carbocycles. The standard InChI is InChI=1S/C40H72O18/c1-4-5-6-7-8-9-10-11-12-13-14-15-16-17-18-27(52-24-29(55-26(3)44)19-28(20-32(45)46)54-25(2)43)23-53-39-37(51)35(49)38(31(22-42)57-39)58-40-36(50)34(48)33(47)30(21-41)56-40/h27-31,33-42,47-51H,4-24H2,1-3H3,(H,45,46). The minimum atomic E-state index is -1.81. The molecule has 0 bridgehead atoms. The number of ether oxygens (including phenoxy) is 7. The van der Waals surface area contributed by atoms with Gasteiger partial charge in [-0.3, -0.25) is 14.4 Å². The van der Waals surface area contributed by atoms with Crippen molar-refractivity contribution in [3.63, 3.8) is 0 Å². The zero-order valence-corrected chi connectivity index (χ0v) is 34.5. The Bertz CT molecular complexity index is 1110. The van der Waals surface area contributed by atoms with E-state index in [-0.39, 0.29) is 19.6 Å². The summed E-state index contributed by atoms with van der Waals surface area (Å²) in [5, 5.41) is 81.7. The van der Waals surface area contributed by atoms with Gasteiger partial charge < -0.3 is 74.0 Å². The number of hydrogen-bond acceptors (Lipinski definition) is 17. The van der Waals surface area contributed by atoms with Crippen LogP contribution in [0.5, 0.6) is 0 Å². The van der Waals surface area contributed by atoms with Gasteiger partial charge in [-0.25, -0.2) is 0 Å². The number of aliphatic hydroxyl groups is 7. The maximum atomic E-state index is 12.0. The van der Waals surface area contributed by atoms with Gasteiger partial charge in [-0.2, -0.15) is 0 Å². The first-order valence-corrected chi connectivity index (χ1v) is 21.1. The van der Waals surface area contributed by atoms with Crippen LogP contribution in [0.3, 0.4) is 0 Å². The predicted molar refractivity (Wildman–Crippen MR) is 205 cm³/mol. The van der Waals surface area contributed by atoms with Gasteiger partial charge in [-0.15, -0.1) is 0 Å². The van der Waals surface area contributed by atoms with Gasteiger partial charge in [0.2, 0.25) is 0 Å². The highest BCUT2D eigenvalue weighted by Crippen LogP contribution is 2.30. The Morgan fingerprint density at radius 2 is 1.09 bits per heavy atom. The number of esters is 2. The molecule has 0 saturated carbocycles. The molecule has 2 heterocycles. The minimum Gasteiger partial charge on any atom is -0.481 e. The van der Waals surface area contributed by atoms with Gasteiger partial charge in [0.1, 0.15) is 61.0 Å². The third kappa shape index (κ3) is 19.5. The molecule has 0 amide bonds. The minimum absolute atomic E-state index is 0.150. The summed E-state index contributed by atoms with van der Waals surface area (Å²) in [6.45, 7) is 2.66. The van der Waals surface area contributed by atoms with E-state index in [0.717, 1.165) is 39.0 Å². The van der Waals surface area contributed by atoms with Crippen molar-refractivity contribution >= 4 is 17.9 Å². The zero-order valence-electron chi connectivity index (χ0n) is 34.5. The van der Waals surface area contributed by atoms with Gasteiger partial charge in [0.05, 0.1) is 39.0 Å². The van der Waals surface area contributed by atoms with Crippen LogP contribution in [0.15, 0.2) is 0 Å². The van der Waals surface area contributed by atoms with Gasteiger partial charge in [0, 0.05) is 20.3 Å². The predicted octanol–water partition coefficient (Wildman–Crippen LogP) is 1.61. The third-order valence-electron chi connectivity index (χ3n) is 10.4. The first-order chi connectivity index (χ1) is 27.7. The lowest BCUT2D eigenvalue weighted by Gasteiger charge is -2.46. The average molecular weight is 841 g/mol. The van der Waals surface area contributed by atoms with Crippen LogP contribution >= 0.6 is 0 Å². The van der Waals surface area contributed by atoms with Gasteiger partial charge in [0.25, 0.3) is 0 Å². The molecule has 2 aliphatic heterocycles. The third-order valence-corrected chi connectivity index (χ3v) is 10.4. The zero-order chi connectivity index (χ0) is 43.0. The number of aliphatic carboxylic acids is 1. The van der Waals surface area contributed by atoms with E-state index in [4.69, 9.17) is 33.2 Å². The van der Waals surface area contributed by atoms with Gasteiger partial charge >= 0.3 is 17.9 Å². The van der Waals surface area contributed by atoms with Crippen LogP contribution in [-0.2, 0) is 47.5 Å². The van der Waals surface area contributed by atoms with Crippen LogP contribution in [0, 0.1) is 0 Å². The van der Waals surface area contributed by atoms with Crippen LogP contribution in [0.1, 0.15) is 130 Å². The fraction of sp³-hybridized carbons (Fsp3) is 0.925. The molecule has 13 atom stereocenters. The Morgan fingerprint density at radius 1 is 0.586 bits per heavy atom. The molecule has 2 aliphatic rings. The summed E-state index contributed by atoms with van der Waals surface area (Å²) in [4.78, 5) is 35.0. The first-order valence-electron chi connectivity index (χ1n) is 21.1. The molecule has 0 aromatic carbocycles. The summed E-state index contributed by atoms with van der Waals surface area (Å²) in [5.74, 6) is -2.57. The first kappa shape index (κ1) is 52.1. The molecule has 2 saturated heterocycles. The molecule has 8 N–H and O–H groups in total. The number of unbranched alkanes of at least 4 members (excludes halogenated alkanes) is 13. The topological polar surface area (TPSA) is 278 Å². The Labute approximate surface area is 342 Å². The number of hydrogen-bond donors (Lipinski definition) is 8. The second-order valence-electron chi connectivity index (χ2n) is 15.5. The summed E-state index contributed by atoms with van der Waals surface area (Å²) in [6, 6.07) is 0. The van der Waals surface area contributed by atoms with Crippen molar-refractivity contribution in [1.29, 1.82) is 0 Å². The smallest absolute Gasteiger partial charge is 0.307 e. The van der Waals surface area contributed by atoms with Crippen molar-refractivity contribution in [1.82, 2.24) is 0 Å². The summed E-state index contributed by atoms with van der Waals surface area (Å²) in [7, 11) is 0. The second kappa shape index (κ2) is 29.2. The SMILES string of the molecule is CCCCCCCCCCCCCCCCC(COC1OC(CO)C(OC2OC(CO)C(O)C(O)C2O)C(O)C1O)OCC(CC(CC(=O)O)OC(C)=O)OC(C)=O. The lowest BCUT2D eigenvalue weighted by Crippen LogP contribution is -2.64. The van der Waals surface area contributed by atoms with Gasteiger partial charge in [-0.05, 0) is 6.42 Å². The summed E-state index contributed by atoms with van der Waals surface area (Å²) < 4.78 is 39.3. The molecule has 0 aromatic rings. The highest BCUT2D eigenvalue weighted by Gasteiger charge is 2.50. The number of carbonyl (C=O) groups excluding carboxylic acids is 2. The maximum absolute atomic E-state index is 12.0. The molecule has 2 fully saturated rings. The van der Waals surface area contributed by atoms with Crippen molar-refractivity contribution in [2.24, 2.45) is 0 Å². The lowest BCUT2D eigenvalue weighted by molar-refractivity contribution is -0.360. The van der Waals surface area contributed by atoms with Crippen molar-refractivity contribution in [3.05, 3.63) is 0 Å². The van der Waals surface area contributed by atoms with Crippen LogP contribution in [0.25, 0.3) is 0 Å². The molecule has 340 valence electrons. The fourth-order valence-corrected chi connectivity index (χ4v) is 7.20. The van der Waals surface area contributed by atoms with Crippen molar-refractivity contribution < 1.29 is 88.4 Å². The van der Waals surface area contributed by atoms with Gasteiger partial charge in [-0.1, -0.05) is 96.8 Å². The summed E-state index contributed by atoms with van der Waals surface area (Å²) in [6.07, 6.45) is -2.72. The highest BCUT2D eigenvalue weighted by atomic mass is 16.7. The number of aliphatic hydroxyl groups excluding tert-OH is 7. The molecular weight excluding hydrogens is 768 g/mol. The van der Waals surface area contributed by atoms with Crippen molar-refractivity contribution in [2.75, 3.05) is 26.4 Å². The Balaban J connectivity index is 2.03. The monoisotopic (exact) mass is 840 g/mol. The van der Waals surface area contributed by atoms with E-state index in [1.165, 1.54) is 64.7 Å². The molecular formula is C40H72O18. The fourth-order valence-electron chi connectivity index (χ4n) is 7.20. The van der Waals surface area contributed by atoms with Crippen LogP contribution in [-0.4, -0.2) is 165 Å². The van der Waals surface area contributed by atoms with Gasteiger partial charge in [0.15, 0.2) is 12.6 Å². The Hall–Kier alpha value is -2.07. The second-order valence-corrected chi connectivity index (χ2v) is 15.5. The molecule has 18 nitrogen and oxygen atoms in total. The lowest BCUT2D eigenvalue weighted by atomic mass is 9.97. The van der Waals surface area contributed by atoms with Crippen LogP contribution < -0.4 is 0 Å². The number of carboxylic acid groups (broad SMARTS) is 1. The quantitative estimate of drug-likeness (QED) is 0.0364. The molecule has 58 heavy (non-hydrogen) atoms. The summed E-state index contributed by atoms with van der Waals surface area (Å²) in [5.41, 5.74) is 0. The molecule has 0 radical (unpaired) electrons. The van der Waals surface area contributed by atoms with E-state index in [1.54, 1.807) is 0 Å². The normalized spacial score (nSPS) is 29.1. The Morgan fingerprint density at radius 3 is 1.60 bits per heavy atom. The number of carbonyl (C=O) groups is 3. The van der Waals surface area contributed by atoms with Crippen LogP contribution in [0.2, 0.25) is 0 Å². The van der Waals surface area contributed by atoms with E-state index in [1.807, 2.05) is 0 Å². The molecule has 13 unspecified atom stereocenters. The summed E-state index contributed by atoms with van der Waals surface area (Å²) >= 11 is 0. The largest absolute Gasteiger partial charge is 0.481 e. The molecule has 18 heteroatoms. The van der Waals surface area contributed by atoms with Crippen molar-refractivity contribution in [3.8, 4) is 0 Å². The van der Waals surface area contributed by atoms with E-state index in [2.05, 4.69) is 6.92 Å². The van der Waals surface area contributed by atoms with E-state index < -0.39 is 117 Å². The average Bonchev–Trinajstić information content (AvgIpc) is 3.17. The van der Waals surface area contributed by atoms with Crippen molar-refractivity contribution in [2.45, 2.75) is 210 Å². The van der Waals surface area contributed by atoms with E-state index in [9.17, 15) is 55.2 Å². The highest BCUT2D eigenvalue weighted by molar-refractivity contribution is 5.70. The number of rotatable bonds is 31. The Kier molecular flexibility index (Phi) is 26.2. The van der Waals surface area contributed by atoms with Crippen LogP contribution in [0.4, 0.5) is 0 Å². The molecule has 0 aromatic heterocycles. The van der Waals surface area contributed by atoms with E-state index in [0.29, 0.717) is 6.42 Å².